The molecule has 1 aromatic heterocycles. The van der Waals surface area contributed by atoms with E-state index in [0.29, 0.717) is 0 Å². The SMILES string of the molecule is CN=c1ccn(Cc2ccccc2)c2cc(Cl)ccc12.Cl. The Morgan fingerprint density at radius 1 is 1.05 bits per heavy atom. The van der Waals surface area contributed by atoms with Gasteiger partial charge in [0.1, 0.15) is 0 Å². The molecule has 108 valence electrons. The summed E-state index contributed by atoms with van der Waals surface area (Å²) in [5.74, 6) is 0. The van der Waals surface area contributed by atoms with E-state index in [1.807, 2.05) is 37.4 Å². The van der Waals surface area contributed by atoms with Crippen molar-refractivity contribution in [2.75, 3.05) is 7.05 Å². The summed E-state index contributed by atoms with van der Waals surface area (Å²) in [6.45, 7) is 0.821. The summed E-state index contributed by atoms with van der Waals surface area (Å²) in [6, 6.07) is 18.4. The number of pyridine rings is 1. The minimum absolute atomic E-state index is 0. The van der Waals surface area contributed by atoms with Gasteiger partial charge >= 0.3 is 0 Å². The lowest BCUT2D eigenvalue weighted by Gasteiger charge is -2.12. The Bertz CT molecular complexity index is 808. The summed E-state index contributed by atoms with van der Waals surface area (Å²) in [4.78, 5) is 4.32. The fraction of sp³-hybridized carbons (Fsp3) is 0.118. The molecule has 0 aliphatic heterocycles. The number of hydrogen-bond donors (Lipinski definition) is 0. The van der Waals surface area contributed by atoms with Gasteiger partial charge in [-0.1, -0.05) is 41.9 Å². The maximum atomic E-state index is 6.15. The van der Waals surface area contributed by atoms with Gasteiger partial charge in [0, 0.05) is 30.2 Å². The third-order valence-corrected chi connectivity index (χ3v) is 3.63. The van der Waals surface area contributed by atoms with E-state index >= 15 is 0 Å². The van der Waals surface area contributed by atoms with E-state index in [1.165, 1.54) is 5.56 Å². The minimum atomic E-state index is 0. The molecule has 0 aliphatic carbocycles. The van der Waals surface area contributed by atoms with Crippen LogP contribution in [0.15, 0.2) is 65.8 Å². The van der Waals surface area contributed by atoms with Crippen LogP contribution in [0.3, 0.4) is 0 Å². The maximum Gasteiger partial charge on any atom is 0.0678 e. The molecule has 2 nitrogen and oxygen atoms in total. The first kappa shape index (κ1) is 15.6. The summed E-state index contributed by atoms with van der Waals surface area (Å²) in [5.41, 5.74) is 2.37. The highest BCUT2D eigenvalue weighted by Crippen LogP contribution is 2.18. The van der Waals surface area contributed by atoms with Gasteiger partial charge in [-0.2, -0.15) is 0 Å². The average Bonchev–Trinajstić information content (AvgIpc) is 2.49. The Kier molecular flexibility index (Phi) is 5.05. The Hall–Kier alpha value is -1.77. The number of aromatic nitrogens is 1. The molecule has 0 saturated heterocycles. The van der Waals surface area contributed by atoms with Crippen LogP contribution in [-0.2, 0) is 6.54 Å². The number of fused-ring (bicyclic) bond motifs is 1. The van der Waals surface area contributed by atoms with Crippen LogP contribution in [0.25, 0.3) is 10.9 Å². The first-order valence-electron chi connectivity index (χ1n) is 6.53. The highest BCUT2D eigenvalue weighted by molar-refractivity contribution is 6.31. The second-order valence-corrected chi connectivity index (χ2v) is 5.14. The Balaban J connectivity index is 0.00000161. The van der Waals surface area contributed by atoms with E-state index in [9.17, 15) is 0 Å². The van der Waals surface area contributed by atoms with Gasteiger partial charge in [0.2, 0.25) is 0 Å². The molecule has 0 bridgehead atoms. The van der Waals surface area contributed by atoms with E-state index in [-0.39, 0.29) is 12.4 Å². The molecule has 3 aromatic rings. The summed E-state index contributed by atoms with van der Waals surface area (Å²) in [7, 11) is 1.81. The monoisotopic (exact) mass is 318 g/mol. The molecule has 1 heterocycles. The highest BCUT2D eigenvalue weighted by atomic mass is 35.5. The lowest BCUT2D eigenvalue weighted by molar-refractivity contribution is 0.824. The van der Waals surface area contributed by atoms with Crippen LogP contribution in [-0.4, -0.2) is 11.6 Å². The van der Waals surface area contributed by atoms with Crippen LogP contribution < -0.4 is 5.36 Å². The first-order chi connectivity index (χ1) is 9.78. The predicted octanol–water partition coefficient (Wildman–Crippen LogP) is 4.30. The van der Waals surface area contributed by atoms with Gasteiger partial charge in [-0.15, -0.1) is 12.4 Å². The van der Waals surface area contributed by atoms with Crippen molar-refractivity contribution in [2.24, 2.45) is 4.99 Å². The third kappa shape index (κ3) is 3.29. The normalized spacial score (nSPS) is 11.4. The number of benzene rings is 2. The van der Waals surface area contributed by atoms with Crippen LogP contribution in [0.2, 0.25) is 5.02 Å². The standard InChI is InChI=1S/C17H15ClN2.ClH/c1-19-16-9-10-20(12-13-5-3-2-4-6-13)17-11-14(18)7-8-15(16)17;/h2-11H,12H2,1H3;1H. The number of halogens is 2. The first-order valence-corrected chi connectivity index (χ1v) is 6.91. The number of hydrogen-bond acceptors (Lipinski definition) is 1. The van der Waals surface area contributed by atoms with E-state index in [4.69, 9.17) is 11.6 Å². The van der Waals surface area contributed by atoms with Crippen molar-refractivity contribution in [3.8, 4) is 0 Å². The molecule has 0 fully saturated rings. The summed E-state index contributed by atoms with van der Waals surface area (Å²) in [6.07, 6.45) is 2.06. The van der Waals surface area contributed by atoms with Gasteiger partial charge in [-0.3, -0.25) is 4.99 Å². The van der Waals surface area contributed by atoms with Crippen molar-refractivity contribution in [3.05, 3.63) is 76.7 Å². The molecule has 2 aromatic carbocycles. The molecular formula is C17H16Cl2N2. The van der Waals surface area contributed by atoms with Crippen molar-refractivity contribution in [1.82, 2.24) is 4.57 Å². The van der Waals surface area contributed by atoms with Crippen molar-refractivity contribution >= 4 is 34.9 Å². The van der Waals surface area contributed by atoms with Gasteiger partial charge < -0.3 is 4.57 Å². The van der Waals surface area contributed by atoms with Crippen LogP contribution in [0.4, 0.5) is 0 Å². The lowest BCUT2D eigenvalue weighted by Crippen LogP contribution is -2.10. The molecule has 0 spiro atoms. The fourth-order valence-electron chi connectivity index (χ4n) is 2.40. The van der Waals surface area contributed by atoms with Crippen LogP contribution in [0, 0.1) is 0 Å². The largest absolute Gasteiger partial charge is 0.343 e. The van der Waals surface area contributed by atoms with Gasteiger partial charge in [0.05, 0.1) is 10.9 Å². The molecule has 21 heavy (non-hydrogen) atoms. The zero-order valence-electron chi connectivity index (χ0n) is 11.7. The van der Waals surface area contributed by atoms with Gasteiger partial charge in [-0.05, 0) is 29.8 Å². The van der Waals surface area contributed by atoms with E-state index < -0.39 is 0 Å². The van der Waals surface area contributed by atoms with Gasteiger partial charge in [-0.25, -0.2) is 0 Å². The molecule has 0 unspecified atom stereocenters. The fourth-order valence-corrected chi connectivity index (χ4v) is 2.57. The second kappa shape index (κ2) is 6.79. The third-order valence-electron chi connectivity index (χ3n) is 3.39. The quantitative estimate of drug-likeness (QED) is 0.670. The molecule has 0 radical (unpaired) electrons. The highest BCUT2D eigenvalue weighted by Gasteiger charge is 2.03. The van der Waals surface area contributed by atoms with E-state index in [0.717, 1.165) is 27.8 Å². The minimum Gasteiger partial charge on any atom is -0.343 e. The van der Waals surface area contributed by atoms with Crippen molar-refractivity contribution in [3.63, 3.8) is 0 Å². The van der Waals surface area contributed by atoms with Gasteiger partial charge in [0.25, 0.3) is 0 Å². The van der Waals surface area contributed by atoms with E-state index in [2.05, 4.69) is 40.0 Å². The van der Waals surface area contributed by atoms with Crippen molar-refractivity contribution < 1.29 is 0 Å². The molecular weight excluding hydrogens is 303 g/mol. The van der Waals surface area contributed by atoms with Crippen molar-refractivity contribution in [1.29, 1.82) is 0 Å². The average molecular weight is 319 g/mol. The Morgan fingerprint density at radius 3 is 2.52 bits per heavy atom. The van der Waals surface area contributed by atoms with E-state index in [1.54, 1.807) is 0 Å². The molecule has 0 atom stereocenters. The summed E-state index contributed by atoms with van der Waals surface area (Å²) < 4.78 is 2.20. The zero-order valence-corrected chi connectivity index (χ0v) is 13.2. The molecule has 3 rings (SSSR count). The molecule has 4 heteroatoms. The van der Waals surface area contributed by atoms with Crippen LogP contribution in [0.5, 0.6) is 0 Å². The smallest absolute Gasteiger partial charge is 0.0678 e. The number of rotatable bonds is 2. The molecule has 0 saturated carbocycles. The second-order valence-electron chi connectivity index (χ2n) is 4.70. The molecule has 0 amide bonds. The molecule has 0 N–H and O–H groups in total. The lowest BCUT2D eigenvalue weighted by atomic mass is 10.1. The Morgan fingerprint density at radius 2 is 1.81 bits per heavy atom. The topological polar surface area (TPSA) is 17.3 Å². The predicted molar refractivity (Wildman–Crippen MR) is 91.2 cm³/mol. The number of nitrogens with zero attached hydrogens (tertiary/aromatic N) is 2. The maximum absolute atomic E-state index is 6.15. The Labute approximate surface area is 135 Å². The summed E-state index contributed by atoms with van der Waals surface area (Å²) >= 11 is 6.15. The zero-order chi connectivity index (χ0) is 13.9. The van der Waals surface area contributed by atoms with Crippen LogP contribution in [0.1, 0.15) is 5.56 Å². The molecule has 0 aliphatic rings. The van der Waals surface area contributed by atoms with Crippen LogP contribution >= 0.6 is 24.0 Å². The van der Waals surface area contributed by atoms with Gasteiger partial charge in [0.15, 0.2) is 0 Å². The van der Waals surface area contributed by atoms with Crippen molar-refractivity contribution in [2.45, 2.75) is 6.54 Å². The summed E-state index contributed by atoms with van der Waals surface area (Å²) in [5, 5.41) is 2.85.